The molecule has 1 heterocycles. The summed E-state index contributed by atoms with van der Waals surface area (Å²) in [4.78, 5) is 7.84. The minimum Gasteiger partial charge on any atom is -0.474 e. The quantitative estimate of drug-likeness (QED) is 0.706. The third-order valence-electron chi connectivity index (χ3n) is 1.62. The first-order valence-electron chi connectivity index (χ1n) is 4.57. The highest BCUT2D eigenvalue weighted by Gasteiger charge is 2.06. The molecule has 78 valence electrons. The maximum Gasteiger partial charge on any atom is 0.232 e. The molecule has 0 aromatic carbocycles. The molecule has 5 heteroatoms. The summed E-state index contributed by atoms with van der Waals surface area (Å²) in [5, 5.41) is 0. The Balaban J connectivity index is 2.32. The molecular weight excluding hydrogens is 182 g/mol. The minimum atomic E-state index is -0.0815. The number of nitrogens with zero attached hydrogens (tertiary/aromatic N) is 2. The van der Waals surface area contributed by atoms with Crippen molar-refractivity contribution < 1.29 is 9.47 Å². The predicted molar refractivity (Wildman–Crippen MR) is 52.0 cm³/mol. The fourth-order valence-corrected chi connectivity index (χ4v) is 0.958. The third kappa shape index (κ3) is 3.68. The summed E-state index contributed by atoms with van der Waals surface area (Å²) in [5.41, 5.74) is 5.48. The van der Waals surface area contributed by atoms with Gasteiger partial charge in [-0.15, -0.1) is 0 Å². The molecular formula is C9H15N3O2. The Morgan fingerprint density at radius 2 is 2.36 bits per heavy atom. The van der Waals surface area contributed by atoms with E-state index in [4.69, 9.17) is 15.2 Å². The lowest BCUT2D eigenvalue weighted by Crippen LogP contribution is -2.30. The van der Waals surface area contributed by atoms with Crippen molar-refractivity contribution in [1.29, 1.82) is 0 Å². The van der Waals surface area contributed by atoms with Gasteiger partial charge in [0.1, 0.15) is 12.7 Å². The summed E-state index contributed by atoms with van der Waals surface area (Å²) >= 11 is 0. The number of rotatable bonds is 6. The summed E-state index contributed by atoms with van der Waals surface area (Å²) in [6.45, 7) is 3.40. The average molecular weight is 197 g/mol. The second-order valence-corrected chi connectivity index (χ2v) is 2.67. The minimum absolute atomic E-state index is 0.0815. The van der Waals surface area contributed by atoms with E-state index in [9.17, 15) is 0 Å². The molecule has 0 radical (unpaired) electrons. The molecule has 0 saturated carbocycles. The number of ether oxygens (including phenoxy) is 2. The van der Waals surface area contributed by atoms with Crippen molar-refractivity contribution in [3.05, 3.63) is 18.6 Å². The van der Waals surface area contributed by atoms with Crippen LogP contribution in [0.3, 0.4) is 0 Å². The normalized spacial score (nSPS) is 12.4. The maximum absolute atomic E-state index is 5.48. The molecule has 0 bridgehead atoms. The Hall–Kier alpha value is -1.20. The van der Waals surface area contributed by atoms with Gasteiger partial charge in [0, 0.05) is 25.5 Å². The third-order valence-corrected chi connectivity index (χ3v) is 1.62. The molecule has 14 heavy (non-hydrogen) atoms. The average Bonchev–Trinajstić information content (AvgIpc) is 2.25. The first-order chi connectivity index (χ1) is 6.86. The van der Waals surface area contributed by atoms with Gasteiger partial charge in [-0.2, -0.15) is 0 Å². The van der Waals surface area contributed by atoms with Crippen LogP contribution in [-0.4, -0.2) is 35.8 Å². The molecule has 0 spiro atoms. The van der Waals surface area contributed by atoms with E-state index < -0.39 is 0 Å². The molecule has 0 aliphatic carbocycles. The van der Waals surface area contributed by atoms with Crippen molar-refractivity contribution in [2.75, 3.05) is 19.8 Å². The Bertz CT molecular complexity index is 243. The van der Waals surface area contributed by atoms with Gasteiger partial charge in [0.25, 0.3) is 0 Å². The van der Waals surface area contributed by atoms with Crippen LogP contribution in [0.25, 0.3) is 0 Å². The number of nitrogens with two attached hydrogens (primary N) is 1. The van der Waals surface area contributed by atoms with E-state index in [-0.39, 0.29) is 6.10 Å². The number of hydrogen-bond acceptors (Lipinski definition) is 5. The highest BCUT2D eigenvalue weighted by atomic mass is 16.5. The molecule has 0 fully saturated rings. The highest BCUT2D eigenvalue weighted by molar-refractivity contribution is 5.01. The Kier molecular flexibility index (Phi) is 4.88. The van der Waals surface area contributed by atoms with E-state index in [0.717, 1.165) is 0 Å². The second-order valence-electron chi connectivity index (χ2n) is 2.67. The zero-order valence-electron chi connectivity index (χ0n) is 8.22. The molecule has 0 unspecified atom stereocenters. The molecule has 2 N–H and O–H groups in total. The van der Waals surface area contributed by atoms with Crippen LogP contribution in [0.4, 0.5) is 0 Å². The van der Waals surface area contributed by atoms with Crippen molar-refractivity contribution in [3.8, 4) is 5.88 Å². The van der Waals surface area contributed by atoms with Gasteiger partial charge in [-0.25, -0.2) is 4.98 Å². The van der Waals surface area contributed by atoms with Crippen LogP contribution in [0.5, 0.6) is 5.88 Å². The fourth-order valence-electron chi connectivity index (χ4n) is 0.958. The molecule has 1 aromatic heterocycles. The van der Waals surface area contributed by atoms with Crippen LogP contribution in [-0.2, 0) is 4.74 Å². The Labute approximate surface area is 83.3 Å². The largest absolute Gasteiger partial charge is 0.474 e. The lowest BCUT2D eigenvalue weighted by Gasteiger charge is -2.14. The van der Waals surface area contributed by atoms with Gasteiger partial charge in [0.15, 0.2) is 0 Å². The first-order valence-corrected chi connectivity index (χ1v) is 4.57. The van der Waals surface area contributed by atoms with Gasteiger partial charge in [-0.05, 0) is 6.92 Å². The molecule has 0 saturated heterocycles. The van der Waals surface area contributed by atoms with Crippen LogP contribution in [0.15, 0.2) is 18.6 Å². The second kappa shape index (κ2) is 6.28. The van der Waals surface area contributed by atoms with Crippen molar-refractivity contribution in [1.82, 2.24) is 9.97 Å². The van der Waals surface area contributed by atoms with Gasteiger partial charge >= 0.3 is 0 Å². The summed E-state index contributed by atoms with van der Waals surface area (Å²) in [6, 6.07) is 0. The summed E-state index contributed by atoms with van der Waals surface area (Å²) in [6.07, 6.45) is 4.64. The fraction of sp³-hybridized carbons (Fsp3) is 0.556. The van der Waals surface area contributed by atoms with E-state index in [1.165, 1.54) is 0 Å². The summed E-state index contributed by atoms with van der Waals surface area (Å²) < 4.78 is 10.6. The van der Waals surface area contributed by atoms with Crippen LogP contribution >= 0.6 is 0 Å². The van der Waals surface area contributed by atoms with Gasteiger partial charge in [-0.3, -0.25) is 4.98 Å². The lowest BCUT2D eigenvalue weighted by molar-refractivity contribution is 0.0323. The Morgan fingerprint density at radius 1 is 1.50 bits per heavy atom. The summed E-state index contributed by atoms with van der Waals surface area (Å²) in [7, 11) is 0. The standard InChI is InChI=1S/C9H15N3O2/c1-2-13-8(5-10)7-14-9-6-11-3-4-12-9/h3-4,6,8H,2,5,7,10H2,1H3/t8-/m0/s1. The zero-order chi connectivity index (χ0) is 10.2. The van der Waals surface area contributed by atoms with Crippen molar-refractivity contribution in [2.45, 2.75) is 13.0 Å². The number of aromatic nitrogens is 2. The molecule has 5 nitrogen and oxygen atoms in total. The van der Waals surface area contributed by atoms with Crippen molar-refractivity contribution >= 4 is 0 Å². The highest BCUT2D eigenvalue weighted by Crippen LogP contribution is 2.02. The van der Waals surface area contributed by atoms with Crippen LogP contribution in [0, 0.1) is 0 Å². The zero-order valence-corrected chi connectivity index (χ0v) is 8.22. The molecule has 0 aliphatic heterocycles. The topological polar surface area (TPSA) is 70.3 Å². The van der Waals surface area contributed by atoms with Crippen LogP contribution in [0.2, 0.25) is 0 Å². The van der Waals surface area contributed by atoms with Crippen LogP contribution < -0.4 is 10.5 Å². The van der Waals surface area contributed by atoms with Gasteiger partial charge in [0.2, 0.25) is 5.88 Å². The SMILES string of the molecule is CCO[C@@H](CN)COc1cnccn1. The molecule has 0 aliphatic rings. The number of hydrogen-bond donors (Lipinski definition) is 1. The summed E-state index contributed by atoms with van der Waals surface area (Å²) in [5.74, 6) is 0.491. The van der Waals surface area contributed by atoms with Crippen molar-refractivity contribution in [3.63, 3.8) is 0 Å². The van der Waals surface area contributed by atoms with E-state index >= 15 is 0 Å². The van der Waals surface area contributed by atoms with Crippen LogP contribution in [0.1, 0.15) is 6.92 Å². The van der Waals surface area contributed by atoms with Gasteiger partial charge < -0.3 is 15.2 Å². The van der Waals surface area contributed by atoms with Crippen molar-refractivity contribution in [2.24, 2.45) is 5.73 Å². The molecule has 1 rings (SSSR count). The molecule has 1 atom stereocenters. The van der Waals surface area contributed by atoms with E-state index in [0.29, 0.717) is 25.6 Å². The van der Waals surface area contributed by atoms with Gasteiger partial charge in [-0.1, -0.05) is 0 Å². The Morgan fingerprint density at radius 3 is 2.93 bits per heavy atom. The first kappa shape index (κ1) is 10.9. The van der Waals surface area contributed by atoms with E-state index in [1.54, 1.807) is 18.6 Å². The molecule has 0 amide bonds. The van der Waals surface area contributed by atoms with E-state index in [1.807, 2.05) is 6.92 Å². The monoisotopic (exact) mass is 197 g/mol. The predicted octanol–water partition coefficient (Wildman–Crippen LogP) is 0.219. The smallest absolute Gasteiger partial charge is 0.232 e. The molecule has 1 aromatic rings. The van der Waals surface area contributed by atoms with E-state index in [2.05, 4.69) is 9.97 Å². The van der Waals surface area contributed by atoms with Gasteiger partial charge in [0.05, 0.1) is 6.20 Å². The lowest BCUT2D eigenvalue weighted by atomic mass is 10.4. The maximum atomic E-state index is 5.48.